The van der Waals surface area contributed by atoms with Crippen molar-refractivity contribution in [1.29, 1.82) is 0 Å². The topological polar surface area (TPSA) is 231 Å². The zero-order valence-corrected chi connectivity index (χ0v) is 57.2. The van der Waals surface area contributed by atoms with Crippen LogP contribution in [0.15, 0.2) is 170 Å². The van der Waals surface area contributed by atoms with E-state index in [4.69, 9.17) is 32.3 Å². The second-order valence-corrected chi connectivity index (χ2v) is 24.4. The molecule has 5 atom stereocenters. The van der Waals surface area contributed by atoms with E-state index in [0.717, 1.165) is 148 Å². The van der Waals surface area contributed by atoms with Crippen molar-refractivity contribution in [3.05, 3.63) is 170 Å². The van der Waals surface area contributed by atoms with Gasteiger partial charge in [0.25, 0.3) is 0 Å². The molecule has 0 amide bonds. The summed E-state index contributed by atoms with van der Waals surface area (Å²) in [4.78, 5) is 58.3. The van der Waals surface area contributed by atoms with E-state index in [9.17, 15) is 43.5 Å². The standard InChI is InChI=1S/C73H116O16P2/c1-4-7-10-13-16-19-22-25-28-30-31-32-33-34-35-37-40-41-44-47-50-53-56-59-71(76)83-62-68(74)63-85-90(79,80)86-64-69(75)65-87-91(81,82)88-67-70(89-73(78)61-58-55-52-49-46-43-38-27-24-21-18-15-12-9-6-3)66-84-72(77)60-57-54-51-48-45-42-39-36-29-26-23-20-17-14-11-8-5-2/h7-12,16-21,25-29,31-32,34-35,38-42,48,51,68-70,74-75H,4-6,13-15,22-24,30,33,36-37,43-47,49-50,52-67H2,1-3H3,(H,79,80)(H,81,82)/b10-7-,11-8-,12-9-,19-16-,20-17-,21-18-,28-25-,29-26-,32-31-,35-34-,38-27-,41-40-,42-39-,51-48-. The number of aliphatic hydroxyl groups is 2. The molecule has 0 aromatic rings. The van der Waals surface area contributed by atoms with Crippen LogP contribution in [0.3, 0.4) is 0 Å². The molecule has 0 aliphatic rings. The molecule has 514 valence electrons. The van der Waals surface area contributed by atoms with Crippen LogP contribution >= 0.6 is 15.6 Å². The van der Waals surface area contributed by atoms with Crippen LogP contribution in [0.2, 0.25) is 0 Å². The van der Waals surface area contributed by atoms with Crippen LogP contribution in [0.25, 0.3) is 0 Å². The van der Waals surface area contributed by atoms with Crippen molar-refractivity contribution >= 4 is 33.6 Å². The Kier molecular flexibility index (Phi) is 61.4. The summed E-state index contributed by atoms with van der Waals surface area (Å²) >= 11 is 0. The number of phosphoric acid groups is 2. The van der Waals surface area contributed by atoms with E-state index in [0.29, 0.717) is 25.7 Å². The van der Waals surface area contributed by atoms with Gasteiger partial charge in [-0.25, -0.2) is 9.13 Å². The summed E-state index contributed by atoms with van der Waals surface area (Å²) in [6.07, 6.45) is 79.9. The molecular formula is C73H116O16P2. The van der Waals surface area contributed by atoms with Crippen molar-refractivity contribution in [2.75, 3.05) is 39.6 Å². The van der Waals surface area contributed by atoms with Crippen LogP contribution in [0, 0.1) is 0 Å². The van der Waals surface area contributed by atoms with Gasteiger partial charge in [0.2, 0.25) is 0 Å². The van der Waals surface area contributed by atoms with E-state index in [2.05, 4.69) is 179 Å². The molecule has 0 aromatic heterocycles. The van der Waals surface area contributed by atoms with Crippen LogP contribution < -0.4 is 0 Å². The molecule has 0 saturated heterocycles. The number of hydrogen-bond acceptors (Lipinski definition) is 14. The first-order valence-corrected chi connectivity index (χ1v) is 36.4. The Bertz CT molecular complexity index is 2340. The summed E-state index contributed by atoms with van der Waals surface area (Å²) in [6.45, 7) is 2.16. The summed E-state index contributed by atoms with van der Waals surface area (Å²) in [6, 6.07) is 0. The number of aliphatic hydroxyl groups excluding tert-OH is 2. The zero-order chi connectivity index (χ0) is 66.7. The maximum absolute atomic E-state index is 12.9. The van der Waals surface area contributed by atoms with Crippen LogP contribution in [0.4, 0.5) is 0 Å². The molecule has 0 fully saturated rings. The second kappa shape index (κ2) is 65.0. The van der Waals surface area contributed by atoms with Crippen molar-refractivity contribution < 1.29 is 75.8 Å². The minimum atomic E-state index is -4.95. The first-order chi connectivity index (χ1) is 44.2. The van der Waals surface area contributed by atoms with Crippen molar-refractivity contribution in [1.82, 2.24) is 0 Å². The van der Waals surface area contributed by atoms with Gasteiger partial charge in [0.05, 0.1) is 26.4 Å². The highest BCUT2D eigenvalue weighted by Crippen LogP contribution is 2.45. The highest BCUT2D eigenvalue weighted by atomic mass is 31.2. The minimum absolute atomic E-state index is 0.0653. The molecule has 0 aliphatic heterocycles. The van der Waals surface area contributed by atoms with Gasteiger partial charge in [-0.3, -0.25) is 32.5 Å². The molecule has 0 aliphatic carbocycles. The lowest BCUT2D eigenvalue weighted by molar-refractivity contribution is -0.161. The summed E-state index contributed by atoms with van der Waals surface area (Å²) < 4.78 is 60.7. The SMILES string of the molecule is CC/C=C\C/C=C\C/C=C\C/C=C\C/C=C\C/C=C\CCCCCCC(=O)OCC(O)COP(=O)(O)OCC(O)COP(=O)(O)OCC(COC(=O)CCC/C=C\C/C=C\C/C=C\C/C=C\C/C=C\CC)OC(=O)CCCCCCC/C=C\C/C=C\C/C=C\CC. The van der Waals surface area contributed by atoms with Crippen LogP contribution in [0.5, 0.6) is 0 Å². The quantitative estimate of drug-likeness (QED) is 0.0146. The molecule has 18 heteroatoms. The lowest BCUT2D eigenvalue weighted by atomic mass is 10.1. The third kappa shape index (κ3) is 66.2. The summed E-state index contributed by atoms with van der Waals surface area (Å²) in [5, 5.41) is 20.5. The van der Waals surface area contributed by atoms with E-state index >= 15 is 0 Å². The fourth-order valence-electron chi connectivity index (χ4n) is 7.92. The Morgan fingerprint density at radius 1 is 0.308 bits per heavy atom. The summed E-state index contributed by atoms with van der Waals surface area (Å²) in [7, 11) is -9.82. The van der Waals surface area contributed by atoms with Crippen molar-refractivity contribution in [2.45, 2.75) is 232 Å². The van der Waals surface area contributed by atoms with E-state index in [1.807, 2.05) is 12.2 Å². The first-order valence-electron chi connectivity index (χ1n) is 33.4. The van der Waals surface area contributed by atoms with Gasteiger partial charge < -0.3 is 34.2 Å². The first kappa shape index (κ1) is 85.9. The fourth-order valence-corrected chi connectivity index (χ4v) is 9.50. The molecule has 0 radical (unpaired) electrons. The van der Waals surface area contributed by atoms with Gasteiger partial charge in [-0.15, -0.1) is 0 Å². The monoisotopic (exact) mass is 1310 g/mol. The molecule has 0 saturated carbocycles. The maximum atomic E-state index is 12.9. The maximum Gasteiger partial charge on any atom is 0.472 e. The number of carbonyl (C=O) groups excluding carboxylic acids is 3. The molecule has 0 rings (SSSR count). The summed E-state index contributed by atoms with van der Waals surface area (Å²) in [5.74, 6) is -1.70. The van der Waals surface area contributed by atoms with Crippen LogP contribution in [0.1, 0.15) is 213 Å². The molecule has 4 N–H and O–H groups in total. The largest absolute Gasteiger partial charge is 0.472 e. The Morgan fingerprint density at radius 3 is 0.912 bits per heavy atom. The normalized spacial score (nSPS) is 15.3. The third-order valence-corrected chi connectivity index (χ3v) is 14.8. The van der Waals surface area contributed by atoms with E-state index in [1.165, 1.54) is 0 Å². The average Bonchev–Trinajstić information content (AvgIpc) is 3.63. The smallest absolute Gasteiger partial charge is 0.463 e. The van der Waals surface area contributed by atoms with Gasteiger partial charge in [-0.1, -0.05) is 223 Å². The highest BCUT2D eigenvalue weighted by Gasteiger charge is 2.29. The van der Waals surface area contributed by atoms with Gasteiger partial charge in [-0.2, -0.15) is 0 Å². The number of esters is 3. The van der Waals surface area contributed by atoms with E-state index in [1.54, 1.807) is 0 Å². The fraction of sp³-hybridized carbons (Fsp3) is 0.575. The Hall–Kier alpha value is -5.09. The molecule has 16 nitrogen and oxygen atoms in total. The number of hydrogen-bond donors (Lipinski definition) is 4. The minimum Gasteiger partial charge on any atom is -0.463 e. The molecule has 5 unspecified atom stereocenters. The molecule has 91 heavy (non-hydrogen) atoms. The third-order valence-electron chi connectivity index (χ3n) is 12.9. The molecule has 0 heterocycles. The lowest BCUT2D eigenvalue weighted by Crippen LogP contribution is -2.30. The Labute approximate surface area is 548 Å². The van der Waals surface area contributed by atoms with Gasteiger partial charge in [0.1, 0.15) is 25.4 Å². The molecule has 0 spiro atoms. The number of phosphoric ester groups is 2. The van der Waals surface area contributed by atoms with Crippen molar-refractivity contribution in [2.24, 2.45) is 0 Å². The van der Waals surface area contributed by atoms with Crippen molar-refractivity contribution in [3.63, 3.8) is 0 Å². The van der Waals surface area contributed by atoms with E-state index in [-0.39, 0.29) is 19.3 Å². The Balaban J connectivity index is 4.74. The van der Waals surface area contributed by atoms with Gasteiger partial charge in [-0.05, 0) is 141 Å². The average molecular weight is 1310 g/mol. The predicted molar refractivity (Wildman–Crippen MR) is 371 cm³/mol. The predicted octanol–water partition coefficient (Wildman–Crippen LogP) is 18.5. The van der Waals surface area contributed by atoms with Crippen LogP contribution in [-0.4, -0.2) is 95.9 Å². The van der Waals surface area contributed by atoms with E-state index < -0.39 is 91.5 Å². The van der Waals surface area contributed by atoms with Crippen LogP contribution in [-0.2, 0) is 55.8 Å². The number of ether oxygens (including phenoxy) is 3. The van der Waals surface area contributed by atoms with Crippen molar-refractivity contribution in [3.8, 4) is 0 Å². The molecular weight excluding hydrogens is 1190 g/mol. The number of allylic oxidation sites excluding steroid dienone is 28. The molecule has 0 bridgehead atoms. The highest BCUT2D eigenvalue weighted by molar-refractivity contribution is 7.47. The van der Waals surface area contributed by atoms with Gasteiger partial charge >= 0.3 is 33.6 Å². The summed E-state index contributed by atoms with van der Waals surface area (Å²) in [5.41, 5.74) is 0. The van der Waals surface area contributed by atoms with Gasteiger partial charge in [0.15, 0.2) is 6.10 Å². The Morgan fingerprint density at radius 2 is 0.560 bits per heavy atom. The number of rotatable bonds is 61. The number of unbranched alkanes of at least 4 members (excludes halogenated alkanes) is 10. The zero-order valence-electron chi connectivity index (χ0n) is 55.4. The number of carbonyl (C=O) groups is 3. The lowest BCUT2D eigenvalue weighted by Gasteiger charge is -2.21. The van der Waals surface area contributed by atoms with Gasteiger partial charge in [0, 0.05) is 19.3 Å². The second-order valence-electron chi connectivity index (χ2n) is 21.5. The molecule has 0 aromatic carbocycles.